The van der Waals surface area contributed by atoms with Crippen molar-refractivity contribution < 1.29 is 22.7 Å². The van der Waals surface area contributed by atoms with Crippen molar-refractivity contribution >= 4 is 11.4 Å². The van der Waals surface area contributed by atoms with E-state index in [-0.39, 0.29) is 0 Å². The molecule has 2 aromatic rings. The van der Waals surface area contributed by atoms with Gasteiger partial charge in [-0.25, -0.2) is 4.70 Å². The van der Waals surface area contributed by atoms with E-state index in [1.165, 1.54) is 186 Å². The van der Waals surface area contributed by atoms with E-state index < -0.39 is 0 Å². The molecule has 3 heteroatoms. The molecule has 0 amide bonds. The van der Waals surface area contributed by atoms with Crippen molar-refractivity contribution in [2.45, 2.75) is 245 Å². The summed E-state index contributed by atoms with van der Waals surface area (Å²) in [5.74, 6) is 0. The first-order chi connectivity index (χ1) is 27.9. The van der Waals surface area contributed by atoms with Gasteiger partial charge in [-0.15, -0.1) is 0 Å². The third kappa shape index (κ3) is 19.9. The van der Waals surface area contributed by atoms with Crippen LogP contribution in [0, 0.1) is 0 Å². The zero-order valence-corrected chi connectivity index (χ0v) is 40.4. The quantitative estimate of drug-likeness (QED) is 0.0398. The monoisotopic (exact) mass is 873 g/mol. The summed E-state index contributed by atoms with van der Waals surface area (Å²) in [6.07, 6.45) is 37.4. The summed E-state index contributed by atoms with van der Waals surface area (Å²) < 4.78 is 1.69. The molecule has 1 heterocycles. The second-order valence-corrected chi connectivity index (χ2v) is 18.8. The summed E-state index contributed by atoms with van der Waals surface area (Å²) >= 11 is 0.950. The average Bonchev–Trinajstić information content (AvgIpc) is 3.49. The van der Waals surface area contributed by atoms with E-state index in [2.05, 4.69) is 88.7 Å². The Morgan fingerprint density at radius 1 is 0.351 bits per heavy atom. The number of hydrogen-bond donors (Lipinski definition) is 0. The molecule has 0 saturated carbocycles. The first kappa shape index (κ1) is 51.3. The Morgan fingerprint density at radius 3 is 0.930 bits per heavy atom. The van der Waals surface area contributed by atoms with Gasteiger partial charge in [0.05, 0.1) is 0 Å². The van der Waals surface area contributed by atoms with Gasteiger partial charge in [-0.2, -0.15) is 0 Å². The van der Waals surface area contributed by atoms with Crippen LogP contribution in [0.3, 0.4) is 0 Å². The molecule has 0 fully saturated rings. The molecule has 0 spiro atoms. The normalized spacial score (nSPS) is 12.9. The predicted molar refractivity (Wildman–Crippen MR) is 251 cm³/mol. The van der Waals surface area contributed by atoms with E-state index in [1.54, 1.807) is 4.70 Å². The SMILES string of the molecule is CCCCCCCCC1=C(c2cc(CCCC)cc(CCCC)c2)[N+](=[N-])C(c2cc(CCCCCCCC)cc(CCCCCCCC)c2)=C1CCCC.[CH3][Pd][CH3]. The summed E-state index contributed by atoms with van der Waals surface area (Å²) in [6, 6.07) is 14.8. The Labute approximate surface area is 363 Å². The van der Waals surface area contributed by atoms with Crippen LogP contribution < -0.4 is 0 Å². The summed E-state index contributed by atoms with van der Waals surface area (Å²) in [5.41, 5.74) is 26.0. The van der Waals surface area contributed by atoms with Gasteiger partial charge in [-0.3, -0.25) is 0 Å². The Hall–Kier alpha value is -1.82. The Bertz CT molecular complexity index is 1370. The molecule has 1 aliphatic heterocycles. The molecule has 3 rings (SSSR count). The third-order valence-electron chi connectivity index (χ3n) is 11.8. The molecule has 0 unspecified atom stereocenters. The number of hydrogen-bond acceptors (Lipinski definition) is 0. The molecule has 0 atom stereocenters. The summed E-state index contributed by atoms with van der Waals surface area (Å²) in [4.78, 5) is 0. The van der Waals surface area contributed by atoms with Gasteiger partial charge in [0.2, 0.25) is 11.4 Å². The molecule has 0 aliphatic carbocycles. The van der Waals surface area contributed by atoms with Crippen molar-refractivity contribution in [3.63, 3.8) is 0 Å². The summed E-state index contributed by atoms with van der Waals surface area (Å²) in [7, 11) is 0. The summed E-state index contributed by atoms with van der Waals surface area (Å²) in [5, 5.41) is 4.35. The van der Waals surface area contributed by atoms with Crippen LogP contribution in [-0.4, -0.2) is 4.70 Å². The van der Waals surface area contributed by atoms with E-state index in [4.69, 9.17) is 0 Å². The Kier molecular flexibility index (Phi) is 29.7. The van der Waals surface area contributed by atoms with Gasteiger partial charge in [0, 0.05) is 22.3 Å². The molecule has 0 bridgehead atoms. The van der Waals surface area contributed by atoms with Gasteiger partial charge >= 0.3 is 28.8 Å². The number of rotatable bonds is 32. The zero-order valence-electron chi connectivity index (χ0n) is 38.9. The van der Waals surface area contributed by atoms with Crippen molar-refractivity contribution in [1.82, 2.24) is 0 Å². The number of nitrogens with zero attached hydrogens (tertiary/aromatic N) is 2. The van der Waals surface area contributed by atoms with Crippen LogP contribution in [-0.2, 0) is 43.7 Å². The molecule has 2 nitrogen and oxygen atoms in total. The van der Waals surface area contributed by atoms with Crippen molar-refractivity contribution in [1.29, 1.82) is 0 Å². The van der Waals surface area contributed by atoms with E-state index in [1.807, 2.05) is 0 Å². The van der Waals surface area contributed by atoms with Crippen LogP contribution in [0.5, 0.6) is 0 Å². The molecule has 0 saturated heterocycles. The number of benzene rings is 2. The van der Waals surface area contributed by atoms with Gasteiger partial charge < -0.3 is 5.53 Å². The first-order valence-electron chi connectivity index (χ1n) is 24.4. The Balaban J connectivity index is 0.00000362. The van der Waals surface area contributed by atoms with Crippen LogP contribution in [0.1, 0.15) is 242 Å². The van der Waals surface area contributed by atoms with Crippen LogP contribution >= 0.6 is 0 Å². The minimum absolute atomic E-state index is 0.950. The van der Waals surface area contributed by atoms with Crippen LogP contribution in [0.25, 0.3) is 16.9 Å². The molecular formula is C54H90N2Pd. The van der Waals surface area contributed by atoms with Crippen molar-refractivity contribution in [2.24, 2.45) is 0 Å². The topological polar surface area (TPSA) is 25.3 Å². The van der Waals surface area contributed by atoms with Crippen molar-refractivity contribution in [2.75, 3.05) is 0 Å². The standard InChI is InChI=1S/C52H84N2.2CH3.Pd/c1-7-13-19-22-25-28-33-45-38-46(34-29-26-23-20-14-8-2)42-48(41-45)51-49(35-18-12-6)50(36-30-27-24-21-15-9-3)52(54(51)53)47-39-43(31-16-10-4)37-44(40-47)32-17-11-5;;;/h37-42H,7-36H2,1-6H3;2*1H3;. The van der Waals surface area contributed by atoms with Crippen LogP contribution in [0.4, 0.5) is 0 Å². The summed E-state index contributed by atoms with van der Waals surface area (Å²) in [6.45, 7) is 13.8. The molecule has 57 heavy (non-hydrogen) atoms. The van der Waals surface area contributed by atoms with E-state index in [9.17, 15) is 5.53 Å². The number of aryl methyl sites for hydroxylation is 4. The van der Waals surface area contributed by atoms with Crippen LogP contribution in [0.15, 0.2) is 47.5 Å². The average molecular weight is 874 g/mol. The number of allylic oxidation sites excluding steroid dienone is 2. The second-order valence-electron chi connectivity index (χ2n) is 17.2. The third-order valence-corrected chi connectivity index (χ3v) is 11.8. The second kappa shape index (κ2) is 33.0. The maximum atomic E-state index is 12.7. The Morgan fingerprint density at radius 2 is 0.596 bits per heavy atom. The molecule has 0 radical (unpaired) electrons. The van der Waals surface area contributed by atoms with Crippen LogP contribution in [0.2, 0.25) is 10.8 Å². The van der Waals surface area contributed by atoms with Crippen molar-refractivity contribution in [3.8, 4) is 0 Å². The molecule has 2 aromatic carbocycles. The number of unbranched alkanes of at least 4 members (excludes halogenated alkanes) is 18. The molecule has 326 valence electrons. The molecule has 1 aliphatic rings. The van der Waals surface area contributed by atoms with Crippen molar-refractivity contribution in [3.05, 3.63) is 86.5 Å². The molecular weight excluding hydrogens is 783 g/mol. The predicted octanol–water partition coefficient (Wildman–Crippen LogP) is 18.5. The van der Waals surface area contributed by atoms with Gasteiger partial charge in [0.25, 0.3) is 0 Å². The fraction of sp³-hybridized carbons (Fsp3) is 0.704. The van der Waals surface area contributed by atoms with Gasteiger partial charge in [-0.1, -0.05) is 169 Å². The fourth-order valence-corrected chi connectivity index (χ4v) is 8.58. The van der Waals surface area contributed by atoms with E-state index >= 15 is 0 Å². The zero-order chi connectivity index (χ0) is 41.5. The maximum absolute atomic E-state index is 12.7. The molecule has 0 N–H and O–H groups in total. The van der Waals surface area contributed by atoms with E-state index in [0.717, 1.165) is 80.7 Å². The van der Waals surface area contributed by atoms with E-state index in [0.29, 0.717) is 0 Å². The van der Waals surface area contributed by atoms with Gasteiger partial charge in [-0.05, 0) is 124 Å². The minimum atomic E-state index is 0.950. The van der Waals surface area contributed by atoms with Gasteiger partial charge in [0.1, 0.15) is 0 Å². The van der Waals surface area contributed by atoms with Gasteiger partial charge in [0.15, 0.2) is 0 Å². The molecule has 0 aromatic heterocycles. The fourth-order valence-electron chi connectivity index (χ4n) is 8.58. The first-order valence-corrected chi connectivity index (χ1v) is 27.5.